The number of hydrogen-bond donors (Lipinski definition) is 2. The van der Waals surface area contributed by atoms with E-state index in [1.165, 1.54) is 12.1 Å². The summed E-state index contributed by atoms with van der Waals surface area (Å²) < 4.78 is 12.7. The van der Waals surface area contributed by atoms with Gasteiger partial charge in [-0.15, -0.1) is 11.6 Å². The summed E-state index contributed by atoms with van der Waals surface area (Å²) in [6.45, 7) is 0.150. The van der Waals surface area contributed by atoms with E-state index in [1.54, 1.807) is 0 Å². The van der Waals surface area contributed by atoms with Gasteiger partial charge in [-0.3, -0.25) is 4.79 Å². The molecule has 0 fully saturated rings. The smallest absolute Gasteiger partial charge is 0.235 e. The predicted octanol–water partition coefficient (Wildman–Crippen LogP) is 1.39. The lowest BCUT2D eigenvalue weighted by Gasteiger charge is -2.03. The summed E-state index contributed by atoms with van der Waals surface area (Å²) in [6, 6.07) is 3.60. The molecule has 1 aromatic rings. The van der Waals surface area contributed by atoms with E-state index >= 15 is 0 Å². The van der Waals surface area contributed by atoms with Crippen molar-refractivity contribution in [2.75, 3.05) is 5.88 Å². The van der Waals surface area contributed by atoms with E-state index < -0.39 is 5.82 Å². The maximum Gasteiger partial charge on any atom is 0.235 e. The number of amides is 1. The van der Waals surface area contributed by atoms with E-state index in [0.29, 0.717) is 5.56 Å². The fraction of sp³-hybridized carbons (Fsp3) is 0.222. The van der Waals surface area contributed by atoms with E-state index in [4.69, 9.17) is 16.7 Å². The molecular formula is C9H9ClFNO2. The monoisotopic (exact) mass is 217 g/mol. The normalized spacial score (nSPS) is 9.86. The van der Waals surface area contributed by atoms with E-state index in [1.807, 2.05) is 0 Å². The van der Waals surface area contributed by atoms with Crippen molar-refractivity contribution in [3.05, 3.63) is 29.6 Å². The first-order valence-corrected chi connectivity index (χ1v) is 4.46. The van der Waals surface area contributed by atoms with Gasteiger partial charge < -0.3 is 10.4 Å². The van der Waals surface area contributed by atoms with Gasteiger partial charge in [0.25, 0.3) is 0 Å². The number of aromatic hydroxyl groups is 1. The zero-order chi connectivity index (χ0) is 10.6. The summed E-state index contributed by atoms with van der Waals surface area (Å²) in [5.74, 6) is -1.18. The molecule has 5 heteroatoms. The van der Waals surface area contributed by atoms with Gasteiger partial charge in [0.05, 0.1) is 0 Å². The highest BCUT2D eigenvalue weighted by molar-refractivity contribution is 6.27. The van der Waals surface area contributed by atoms with Crippen LogP contribution in [0.5, 0.6) is 5.75 Å². The number of carbonyl (C=O) groups excluding carboxylic acids is 1. The minimum Gasteiger partial charge on any atom is -0.508 e. The molecule has 0 bridgehead atoms. The van der Waals surface area contributed by atoms with E-state index in [2.05, 4.69) is 5.32 Å². The molecule has 0 saturated heterocycles. The summed E-state index contributed by atoms with van der Waals surface area (Å²) in [5.41, 5.74) is 0.487. The van der Waals surface area contributed by atoms with Crippen LogP contribution < -0.4 is 5.32 Å². The molecule has 0 spiro atoms. The fourth-order valence-corrected chi connectivity index (χ4v) is 1.08. The second kappa shape index (κ2) is 4.81. The minimum atomic E-state index is -0.542. The highest BCUT2D eigenvalue weighted by atomic mass is 35.5. The van der Waals surface area contributed by atoms with Crippen LogP contribution in [0, 0.1) is 5.82 Å². The number of phenolic OH excluding ortho intramolecular Hbond substituents is 1. The summed E-state index contributed by atoms with van der Waals surface area (Å²) >= 11 is 5.25. The molecule has 0 aromatic heterocycles. The highest BCUT2D eigenvalue weighted by Gasteiger charge is 2.01. The van der Waals surface area contributed by atoms with Gasteiger partial charge in [-0.1, -0.05) is 0 Å². The molecular weight excluding hydrogens is 209 g/mol. The summed E-state index contributed by atoms with van der Waals surface area (Å²) in [7, 11) is 0. The SMILES string of the molecule is O=C(CCl)NCc1cc(O)cc(F)c1. The van der Waals surface area contributed by atoms with Crippen LogP contribution >= 0.6 is 11.6 Å². The third kappa shape index (κ3) is 3.22. The highest BCUT2D eigenvalue weighted by Crippen LogP contribution is 2.14. The molecule has 2 N–H and O–H groups in total. The molecule has 76 valence electrons. The second-order valence-electron chi connectivity index (χ2n) is 2.73. The molecule has 14 heavy (non-hydrogen) atoms. The number of benzene rings is 1. The number of rotatable bonds is 3. The molecule has 0 atom stereocenters. The van der Waals surface area contributed by atoms with Crippen LogP contribution in [0.2, 0.25) is 0 Å². The third-order valence-electron chi connectivity index (χ3n) is 1.55. The van der Waals surface area contributed by atoms with Crippen LogP contribution in [-0.2, 0) is 11.3 Å². The van der Waals surface area contributed by atoms with Crippen molar-refractivity contribution >= 4 is 17.5 Å². The lowest BCUT2D eigenvalue weighted by molar-refractivity contribution is -0.118. The zero-order valence-electron chi connectivity index (χ0n) is 7.26. The Morgan fingerprint density at radius 3 is 2.79 bits per heavy atom. The van der Waals surface area contributed by atoms with Gasteiger partial charge in [0.2, 0.25) is 5.91 Å². The molecule has 0 saturated carbocycles. The summed E-state index contributed by atoms with van der Waals surface area (Å²) in [6.07, 6.45) is 0. The van der Waals surface area contributed by atoms with Crippen molar-refractivity contribution in [2.24, 2.45) is 0 Å². The van der Waals surface area contributed by atoms with E-state index in [9.17, 15) is 9.18 Å². The van der Waals surface area contributed by atoms with Crippen LogP contribution in [0.25, 0.3) is 0 Å². The molecule has 1 rings (SSSR count). The molecule has 0 aliphatic carbocycles. The molecule has 3 nitrogen and oxygen atoms in total. The Hall–Kier alpha value is -1.29. The minimum absolute atomic E-state index is 0.138. The molecule has 1 aromatic carbocycles. The Morgan fingerprint density at radius 1 is 1.50 bits per heavy atom. The van der Waals surface area contributed by atoms with Crippen LogP contribution in [0.1, 0.15) is 5.56 Å². The van der Waals surface area contributed by atoms with Crippen LogP contribution in [-0.4, -0.2) is 16.9 Å². The molecule has 0 aliphatic heterocycles. The van der Waals surface area contributed by atoms with Crippen LogP contribution in [0.15, 0.2) is 18.2 Å². The van der Waals surface area contributed by atoms with Crippen LogP contribution in [0.4, 0.5) is 4.39 Å². The molecule has 0 aliphatic rings. The number of alkyl halides is 1. The predicted molar refractivity (Wildman–Crippen MR) is 50.6 cm³/mol. The average molecular weight is 218 g/mol. The molecule has 0 radical (unpaired) electrons. The van der Waals surface area contributed by atoms with Gasteiger partial charge >= 0.3 is 0 Å². The Morgan fingerprint density at radius 2 is 2.21 bits per heavy atom. The average Bonchev–Trinajstić information content (AvgIpc) is 2.12. The van der Waals surface area contributed by atoms with Gasteiger partial charge in [-0.2, -0.15) is 0 Å². The Balaban J connectivity index is 2.63. The Bertz CT molecular complexity index is 323. The van der Waals surface area contributed by atoms with Crippen molar-refractivity contribution in [2.45, 2.75) is 6.54 Å². The van der Waals surface area contributed by atoms with Crippen molar-refractivity contribution in [1.29, 1.82) is 0 Å². The quantitative estimate of drug-likeness (QED) is 0.752. The van der Waals surface area contributed by atoms with Crippen molar-refractivity contribution in [3.8, 4) is 5.75 Å². The first-order chi connectivity index (χ1) is 6.61. The first kappa shape index (κ1) is 10.8. The largest absolute Gasteiger partial charge is 0.508 e. The maximum absolute atomic E-state index is 12.7. The Labute approximate surface area is 85.5 Å². The third-order valence-corrected chi connectivity index (χ3v) is 1.80. The summed E-state index contributed by atoms with van der Waals surface area (Å²) in [4.78, 5) is 10.8. The topological polar surface area (TPSA) is 49.3 Å². The van der Waals surface area contributed by atoms with Crippen molar-refractivity contribution < 1.29 is 14.3 Å². The fourth-order valence-electron chi connectivity index (χ4n) is 0.983. The van der Waals surface area contributed by atoms with Gasteiger partial charge in [-0.25, -0.2) is 4.39 Å². The first-order valence-electron chi connectivity index (χ1n) is 3.93. The number of phenols is 1. The number of carbonyl (C=O) groups is 1. The lowest BCUT2D eigenvalue weighted by Crippen LogP contribution is -2.23. The number of nitrogens with one attached hydrogen (secondary N) is 1. The van der Waals surface area contributed by atoms with Crippen molar-refractivity contribution in [1.82, 2.24) is 5.32 Å². The van der Waals surface area contributed by atoms with E-state index in [-0.39, 0.29) is 24.1 Å². The number of halogens is 2. The summed E-state index contributed by atoms with van der Waals surface area (Å²) in [5, 5.41) is 11.5. The standard InChI is InChI=1S/C9H9ClFNO2/c10-4-9(14)12-5-6-1-7(11)3-8(13)2-6/h1-3,13H,4-5H2,(H,12,14). The second-order valence-corrected chi connectivity index (χ2v) is 3.00. The van der Waals surface area contributed by atoms with Gasteiger partial charge in [-0.05, 0) is 17.7 Å². The van der Waals surface area contributed by atoms with Crippen molar-refractivity contribution in [3.63, 3.8) is 0 Å². The maximum atomic E-state index is 12.7. The number of hydrogen-bond acceptors (Lipinski definition) is 2. The van der Waals surface area contributed by atoms with Gasteiger partial charge in [0.15, 0.2) is 0 Å². The van der Waals surface area contributed by atoms with E-state index in [0.717, 1.165) is 6.07 Å². The van der Waals surface area contributed by atoms with Crippen LogP contribution in [0.3, 0.4) is 0 Å². The lowest BCUT2D eigenvalue weighted by atomic mass is 10.2. The van der Waals surface area contributed by atoms with Gasteiger partial charge in [0, 0.05) is 12.6 Å². The molecule has 1 amide bonds. The zero-order valence-corrected chi connectivity index (χ0v) is 8.01. The molecule has 0 heterocycles. The van der Waals surface area contributed by atoms with Gasteiger partial charge in [0.1, 0.15) is 17.4 Å². The Kier molecular flexibility index (Phi) is 3.71. The molecule has 0 unspecified atom stereocenters.